The quantitative estimate of drug-likeness (QED) is 0.631. The van der Waals surface area contributed by atoms with Crippen LogP contribution in [0.4, 0.5) is 0 Å². The van der Waals surface area contributed by atoms with Gasteiger partial charge < -0.3 is 21.1 Å². The summed E-state index contributed by atoms with van der Waals surface area (Å²) in [5.74, 6) is -1.21. The predicted octanol–water partition coefficient (Wildman–Crippen LogP) is 0.425. The van der Waals surface area contributed by atoms with Crippen molar-refractivity contribution in [1.29, 1.82) is 0 Å². The monoisotopic (exact) mass is 247 g/mol. The second-order valence-electron chi connectivity index (χ2n) is 4.02. The number of hydrogen-bond acceptors (Lipinski definition) is 4. The Morgan fingerprint density at radius 2 is 1.78 bits per heavy atom. The van der Waals surface area contributed by atoms with Gasteiger partial charge in [0.1, 0.15) is 11.9 Å². The number of carbonyl (C=O) groups is 1. The Hall–Kier alpha value is -2.11. The summed E-state index contributed by atoms with van der Waals surface area (Å²) in [6.45, 7) is 0. The van der Waals surface area contributed by atoms with Crippen LogP contribution >= 0.6 is 0 Å². The van der Waals surface area contributed by atoms with Gasteiger partial charge in [-0.05, 0) is 5.39 Å². The Balaban J connectivity index is 2.52. The standard InChI is InChI=1S/C13H13NO4/c14-13(18)12(17)11(16)9-6-5-7-3-1-2-4-8(7)10(9)15/h1-6,11-12,15-17H,(H2,14,18). The summed E-state index contributed by atoms with van der Waals surface area (Å²) in [6, 6.07) is 10.2. The number of primary amides is 1. The van der Waals surface area contributed by atoms with Gasteiger partial charge in [0.2, 0.25) is 5.91 Å². The van der Waals surface area contributed by atoms with E-state index >= 15 is 0 Å². The van der Waals surface area contributed by atoms with E-state index < -0.39 is 18.1 Å². The van der Waals surface area contributed by atoms with E-state index in [0.717, 1.165) is 5.39 Å². The molecule has 1 amide bonds. The highest BCUT2D eigenvalue weighted by Crippen LogP contribution is 2.33. The molecule has 2 unspecified atom stereocenters. The van der Waals surface area contributed by atoms with Gasteiger partial charge in [0.15, 0.2) is 6.10 Å². The number of amides is 1. The van der Waals surface area contributed by atoms with Gasteiger partial charge in [-0.25, -0.2) is 0 Å². The molecule has 0 spiro atoms. The number of phenolic OH excluding ortho intramolecular Hbond substituents is 1. The van der Waals surface area contributed by atoms with Crippen molar-refractivity contribution in [2.45, 2.75) is 12.2 Å². The number of rotatable bonds is 3. The zero-order valence-corrected chi connectivity index (χ0v) is 9.45. The first-order chi connectivity index (χ1) is 8.52. The lowest BCUT2D eigenvalue weighted by atomic mass is 9.98. The third kappa shape index (κ3) is 2.01. The van der Waals surface area contributed by atoms with Crippen LogP contribution in [-0.2, 0) is 4.79 Å². The zero-order valence-electron chi connectivity index (χ0n) is 9.45. The number of aliphatic hydroxyl groups is 2. The van der Waals surface area contributed by atoms with Crippen LogP contribution in [0.25, 0.3) is 10.8 Å². The number of fused-ring (bicyclic) bond motifs is 1. The Morgan fingerprint density at radius 3 is 2.44 bits per heavy atom. The van der Waals surface area contributed by atoms with Crippen LogP contribution in [0.2, 0.25) is 0 Å². The number of carbonyl (C=O) groups excluding carboxylic acids is 1. The molecule has 0 saturated heterocycles. The first-order valence-electron chi connectivity index (χ1n) is 5.38. The third-order valence-electron chi connectivity index (χ3n) is 2.84. The molecule has 0 aromatic heterocycles. The van der Waals surface area contributed by atoms with Gasteiger partial charge in [0, 0.05) is 10.9 Å². The maximum absolute atomic E-state index is 10.8. The highest BCUT2D eigenvalue weighted by molar-refractivity contribution is 5.89. The highest BCUT2D eigenvalue weighted by atomic mass is 16.3. The molecule has 0 fully saturated rings. The maximum Gasteiger partial charge on any atom is 0.249 e. The Kier molecular flexibility index (Phi) is 3.18. The molecule has 5 N–H and O–H groups in total. The van der Waals surface area contributed by atoms with Crippen LogP contribution in [0.15, 0.2) is 36.4 Å². The lowest BCUT2D eigenvalue weighted by Crippen LogP contribution is -2.33. The average molecular weight is 247 g/mol. The fraction of sp³-hybridized carbons (Fsp3) is 0.154. The lowest BCUT2D eigenvalue weighted by Gasteiger charge is -2.17. The van der Waals surface area contributed by atoms with Crippen LogP contribution < -0.4 is 5.73 Å². The topological polar surface area (TPSA) is 104 Å². The van der Waals surface area contributed by atoms with Gasteiger partial charge in [0.05, 0.1) is 0 Å². The second-order valence-corrected chi connectivity index (χ2v) is 4.02. The fourth-order valence-corrected chi connectivity index (χ4v) is 1.84. The summed E-state index contributed by atoms with van der Waals surface area (Å²) in [4.78, 5) is 10.8. The molecular formula is C13H13NO4. The normalized spacial score (nSPS) is 14.3. The second kappa shape index (κ2) is 4.64. The minimum Gasteiger partial charge on any atom is -0.507 e. The lowest BCUT2D eigenvalue weighted by molar-refractivity contribution is -0.132. The molecule has 0 bridgehead atoms. The molecular weight excluding hydrogens is 234 g/mol. The summed E-state index contributed by atoms with van der Waals surface area (Å²) in [5.41, 5.74) is 4.98. The minimum atomic E-state index is -1.75. The van der Waals surface area contributed by atoms with E-state index in [1.807, 2.05) is 6.07 Å². The molecule has 0 radical (unpaired) electrons. The molecule has 94 valence electrons. The molecule has 0 saturated carbocycles. The van der Waals surface area contributed by atoms with Gasteiger partial charge in [-0.15, -0.1) is 0 Å². The maximum atomic E-state index is 10.8. The van der Waals surface area contributed by atoms with Crippen molar-refractivity contribution in [3.05, 3.63) is 42.0 Å². The average Bonchev–Trinajstić information content (AvgIpc) is 2.37. The fourth-order valence-electron chi connectivity index (χ4n) is 1.84. The van der Waals surface area contributed by atoms with Crippen molar-refractivity contribution in [3.63, 3.8) is 0 Å². The van der Waals surface area contributed by atoms with Crippen LogP contribution in [0.1, 0.15) is 11.7 Å². The van der Waals surface area contributed by atoms with E-state index in [4.69, 9.17) is 5.73 Å². The van der Waals surface area contributed by atoms with E-state index in [2.05, 4.69) is 0 Å². The largest absolute Gasteiger partial charge is 0.507 e. The van der Waals surface area contributed by atoms with Crippen LogP contribution in [-0.4, -0.2) is 27.3 Å². The number of phenols is 1. The molecule has 2 rings (SSSR count). The van der Waals surface area contributed by atoms with Crippen molar-refractivity contribution in [1.82, 2.24) is 0 Å². The zero-order chi connectivity index (χ0) is 13.3. The van der Waals surface area contributed by atoms with Crippen molar-refractivity contribution >= 4 is 16.7 Å². The molecule has 2 atom stereocenters. The van der Waals surface area contributed by atoms with E-state index in [-0.39, 0.29) is 11.3 Å². The number of aromatic hydroxyl groups is 1. The van der Waals surface area contributed by atoms with Crippen molar-refractivity contribution < 1.29 is 20.1 Å². The molecule has 18 heavy (non-hydrogen) atoms. The third-order valence-corrected chi connectivity index (χ3v) is 2.84. The van der Waals surface area contributed by atoms with Gasteiger partial charge in [-0.2, -0.15) is 0 Å². The first-order valence-corrected chi connectivity index (χ1v) is 5.38. The number of hydrogen-bond donors (Lipinski definition) is 4. The summed E-state index contributed by atoms with van der Waals surface area (Å²) in [6.07, 6.45) is -3.30. The van der Waals surface area contributed by atoms with Crippen molar-refractivity contribution in [3.8, 4) is 5.75 Å². The smallest absolute Gasteiger partial charge is 0.249 e. The van der Waals surface area contributed by atoms with E-state index in [0.29, 0.717) is 5.39 Å². The Bertz CT molecular complexity index is 597. The molecule has 2 aromatic carbocycles. The predicted molar refractivity (Wildman–Crippen MR) is 65.8 cm³/mol. The molecule has 0 aliphatic carbocycles. The Morgan fingerprint density at radius 1 is 1.11 bits per heavy atom. The summed E-state index contributed by atoms with van der Waals surface area (Å²) in [7, 11) is 0. The van der Waals surface area contributed by atoms with Crippen molar-refractivity contribution in [2.24, 2.45) is 5.73 Å². The number of benzene rings is 2. The first kappa shape index (κ1) is 12.3. The molecule has 5 nitrogen and oxygen atoms in total. The van der Waals surface area contributed by atoms with E-state index in [1.165, 1.54) is 6.07 Å². The molecule has 5 heteroatoms. The molecule has 0 aliphatic rings. The number of nitrogens with two attached hydrogens (primary N) is 1. The van der Waals surface area contributed by atoms with Gasteiger partial charge in [-0.1, -0.05) is 36.4 Å². The van der Waals surface area contributed by atoms with Crippen LogP contribution in [0.5, 0.6) is 5.75 Å². The molecule has 0 heterocycles. The van der Waals surface area contributed by atoms with Gasteiger partial charge in [-0.3, -0.25) is 4.79 Å². The van der Waals surface area contributed by atoms with Gasteiger partial charge >= 0.3 is 0 Å². The van der Waals surface area contributed by atoms with Crippen molar-refractivity contribution in [2.75, 3.05) is 0 Å². The van der Waals surface area contributed by atoms with E-state index in [1.54, 1.807) is 24.3 Å². The highest BCUT2D eigenvalue weighted by Gasteiger charge is 2.26. The Labute approximate surface area is 103 Å². The minimum absolute atomic E-state index is 0.0694. The summed E-state index contributed by atoms with van der Waals surface area (Å²) in [5, 5.41) is 30.5. The molecule has 2 aromatic rings. The van der Waals surface area contributed by atoms with Gasteiger partial charge in [0.25, 0.3) is 0 Å². The summed E-state index contributed by atoms with van der Waals surface area (Å²) >= 11 is 0. The number of aliphatic hydroxyl groups excluding tert-OH is 2. The van der Waals surface area contributed by atoms with Crippen LogP contribution in [0.3, 0.4) is 0 Å². The SMILES string of the molecule is NC(=O)C(O)C(O)c1ccc2ccccc2c1O. The molecule has 0 aliphatic heterocycles. The summed E-state index contributed by atoms with van der Waals surface area (Å²) < 4.78 is 0. The van der Waals surface area contributed by atoms with E-state index in [9.17, 15) is 20.1 Å². The van der Waals surface area contributed by atoms with Crippen LogP contribution in [0, 0.1) is 0 Å².